The average molecular weight is 296 g/mol. The van der Waals surface area contributed by atoms with Gasteiger partial charge < -0.3 is 4.42 Å². The van der Waals surface area contributed by atoms with E-state index in [4.69, 9.17) is 4.42 Å². The summed E-state index contributed by atoms with van der Waals surface area (Å²) in [5.41, 5.74) is 3.30. The third-order valence-electron chi connectivity index (χ3n) is 4.04. The molecule has 0 saturated heterocycles. The van der Waals surface area contributed by atoms with Crippen molar-refractivity contribution in [2.45, 2.75) is 39.2 Å². The highest BCUT2D eigenvalue weighted by Gasteiger charge is 2.33. The fraction of sp³-hybridized carbons (Fsp3) is 0.333. The summed E-state index contributed by atoms with van der Waals surface area (Å²) >= 11 is 0. The molecule has 1 aliphatic heterocycles. The van der Waals surface area contributed by atoms with Crippen LogP contribution in [0.5, 0.6) is 0 Å². The zero-order valence-electron chi connectivity index (χ0n) is 13.0. The van der Waals surface area contributed by atoms with E-state index in [0.29, 0.717) is 12.8 Å². The molecule has 0 N–H and O–H groups in total. The lowest BCUT2D eigenvalue weighted by Gasteiger charge is -2.18. The van der Waals surface area contributed by atoms with Gasteiger partial charge in [0.05, 0.1) is 12.0 Å². The highest BCUT2D eigenvalue weighted by Crippen LogP contribution is 2.33. The Morgan fingerprint density at radius 2 is 2.05 bits per heavy atom. The van der Waals surface area contributed by atoms with Crippen LogP contribution in [0.25, 0.3) is 0 Å². The highest BCUT2D eigenvalue weighted by atomic mass is 16.3. The monoisotopic (exact) mass is 296 g/mol. The smallest absolute Gasteiger partial charge is 0.243 e. The van der Waals surface area contributed by atoms with Crippen molar-refractivity contribution in [3.05, 3.63) is 59.5 Å². The van der Waals surface area contributed by atoms with E-state index >= 15 is 0 Å². The molecule has 0 spiro atoms. The van der Waals surface area contributed by atoms with E-state index in [0.717, 1.165) is 23.5 Å². The Kier molecular flexibility index (Phi) is 4.09. The number of benzene rings is 1. The maximum absolute atomic E-state index is 12.2. The van der Waals surface area contributed by atoms with Crippen LogP contribution in [-0.4, -0.2) is 16.6 Å². The highest BCUT2D eigenvalue weighted by molar-refractivity contribution is 6.03. The summed E-state index contributed by atoms with van der Waals surface area (Å²) in [5.74, 6) is 0.798. The van der Waals surface area contributed by atoms with Crippen LogP contribution >= 0.6 is 0 Å². The second-order valence-electron chi connectivity index (χ2n) is 5.42. The van der Waals surface area contributed by atoms with Crippen LogP contribution in [0.1, 0.15) is 49.6 Å². The number of aryl methyl sites for hydroxylation is 1. The van der Waals surface area contributed by atoms with E-state index in [-0.39, 0.29) is 11.9 Å². The number of hydrogen-bond donors (Lipinski definition) is 0. The molecule has 0 saturated carbocycles. The summed E-state index contributed by atoms with van der Waals surface area (Å²) in [7, 11) is 0. The Hall–Kier alpha value is -2.36. The second kappa shape index (κ2) is 6.18. The van der Waals surface area contributed by atoms with Gasteiger partial charge in [-0.25, -0.2) is 5.01 Å². The molecule has 0 aliphatic carbocycles. The first-order chi connectivity index (χ1) is 10.7. The molecule has 4 heteroatoms. The molecule has 1 amide bonds. The van der Waals surface area contributed by atoms with E-state index in [9.17, 15) is 4.79 Å². The summed E-state index contributed by atoms with van der Waals surface area (Å²) < 4.78 is 5.50. The number of carbonyl (C=O) groups is 1. The summed E-state index contributed by atoms with van der Waals surface area (Å²) in [6.07, 6.45) is 3.77. The molecule has 0 unspecified atom stereocenters. The van der Waals surface area contributed by atoms with Crippen molar-refractivity contribution < 1.29 is 9.21 Å². The van der Waals surface area contributed by atoms with Gasteiger partial charge in [0.2, 0.25) is 5.91 Å². The third-order valence-corrected chi connectivity index (χ3v) is 4.04. The Balaban J connectivity index is 1.90. The van der Waals surface area contributed by atoms with Crippen molar-refractivity contribution in [2.24, 2.45) is 5.10 Å². The van der Waals surface area contributed by atoms with Crippen molar-refractivity contribution in [3.63, 3.8) is 0 Å². The van der Waals surface area contributed by atoms with E-state index < -0.39 is 0 Å². The van der Waals surface area contributed by atoms with Gasteiger partial charge in [-0.1, -0.05) is 38.1 Å². The summed E-state index contributed by atoms with van der Waals surface area (Å²) in [4.78, 5) is 12.2. The minimum atomic E-state index is -0.136. The van der Waals surface area contributed by atoms with Crippen molar-refractivity contribution in [3.8, 4) is 0 Å². The SMILES string of the molecule is CCC(=O)N1N=C(c2ccc(CC)cc2)C[C@H]1c1ccco1. The zero-order valence-corrected chi connectivity index (χ0v) is 13.0. The predicted molar refractivity (Wildman–Crippen MR) is 85.6 cm³/mol. The molecular weight excluding hydrogens is 276 g/mol. The van der Waals surface area contributed by atoms with Crippen molar-refractivity contribution in [2.75, 3.05) is 0 Å². The van der Waals surface area contributed by atoms with Gasteiger partial charge in [-0.05, 0) is 29.7 Å². The second-order valence-corrected chi connectivity index (χ2v) is 5.42. The number of carbonyl (C=O) groups excluding carboxylic acids is 1. The minimum absolute atomic E-state index is 0.0154. The summed E-state index contributed by atoms with van der Waals surface area (Å²) in [6, 6.07) is 12.0. The van der Waals surface area contributed by atoms with Crippen molar-refractivity contribution >= 4 is 11.6 Å². The molecule has 3 rings (SSSR count). The molecule has 1 atom stereocenters. The Morgan fingerprint density at radius 1 is 1.27 bits per heavy atom. The molecule has 0 radical (unpaired) electrons. The molecular formula is C18H20N2O2. The number of nitrogens with zero attached hydrogens (tertiary/aromatic N) is 2. The van der Waals surface area contributed by atoms with E-state index in [1.165, 1.54) is 5.56 Å². The molecule has 1 aliphatic rings. The molecule has 0 fully saturated rings. The summed E-state index contributed by atoms with van der Waals surface area (Å²) in [6.45, 7) is 3.99. The fourth-order valence-corrected chi connectivity index (χ4v) is 2.71. The maximum Gasteiger partial charge on any atom is 0.243 e. The van der Waals surface area contributed by atoms with E-state index in [1.54, 1.807) is 11.3 Å². The summed E-state index contributed by atoms with van der Waals surface area (Å²) in [5, 5.41) is 6.13. The lowest BCUT2D eigenvalue weighted by Crippen LogP contribution is -2.25. The molecule has 4 nitrogen and oxygen atoms in total. The van der Waals surface area contributed by atoms with Crippen LogP contribution in [0, 0.1) is 0 Å². The van der Waals surface area contributed by atoms with Crippen LogP contribution < -0.4 is 0 Å². The van der Waals surface area contributed by atoms with Gasteiger partial charge in [0.15, 0.2) is 0 Å². The van der Waals surface area contributed by atoms with Crippen LogP contribution in [0.4, 0.5) is 0 Å². The largest absolute Gasteiger partial charge is 0.467 e. The molecule has 2 heterocycles. The Labute approximate surface area is 130 Å². The number of amides is 1. The Morgan fingerprint density at radius 3 is 2.64 bits per heavy atom. The number of hydrazone groups is 1. The first kappa shape index (κ1) is 14.6. The topological polar surface area (TPSA) is 45.8 Å². The molecule has 2 aromatic rings. The molecule has 114 valence electrons. The van der Waals surface area contributed by atoms with Crippen molar-refractivity contribution in [1.29, 1.82) is 0 Å². The van der Waals surface area contributed by atoms with Gasteiger partial charge in [-0.15, -0.1) is 0 Å². The number of furan rings is 1. The van der Waals surface area contributed by atoms with Crippen LogP contribution in [-0.2, 0) is 11.2 Å². The van der Waals surface area contributed by atoms with Gasteiger partial charge in [0.25, 0.3) is 0 Å². The Bertz CT molecular complexity index is 672. The first-order valence-corrected chi connectivity index (χ1v) is 7.75. The molecule has 1 aromatic carbocycles. The molecule has 1 aromatic heterocycles. The van der Waals surface area contributed by atoms with Gasteiger partial charge >= 0.3 is 0 Å². The average Bonchev–Trinajstić information content (AvgIpc) is 3.23. The lowest BCUT2D eigenvalue weighted by atomic mass is 10.0. The minimum Gasteiger partial charge on any atom is -0.467 e. The first-order valence-electron chi connectivity index (χ1n) is 7.75. The van der Waals surface area contributed by atoms with Crippen molar-refractivity contribution in [1.82, 2.24) is 5.01 Å². The van der Waals surface area contributed by atoms with Gasteiger partial charge in [-0.3, -0.25) is 4.79 Å². The number of hydrogen-bond acceptors (Lipinski definition) is 3. The van der Waals surface area contributed by atoms with Crippen LogP contribution in [0.15, 0.2) is 52.2 Å². The van der Waals surface area contributed by atoms with Gasteiger partial charge in [-0.2, -0.15) is 5.10 Å². The van der Waals surface area contributed by atoms with Crippen LogP contribution in [0.2, 0.25) is 0 Å². The van der Waals surface area contributed by atoms with Gasteiger partial charge in [0.1, 0.15) is 11.8 Å². The quantitative estimate of drug-likeness (QED) is 0.858. The zero-order chi connectivity index (χ0) is 15.5. The molecule has 0 bridgehead atoms. The predicted octanol–water partition coefficient (Wildman–Crippen LogP) is 3.93. The van der Waals surface area contributed by atoms with E-state index in [1.807, 2.05) is 19.1 Å². The number of rotatable bonds is 4. The van der Waals surface area contributed by atoms with Gasteiger partial charge in [0, 0.05) is 12.8 Å². The van der Waals surface area contributed by atoms with Crippen LogP contribution in [0.3, 0.4) is 0 Å². The molecule has 22 heavy (non-hydrogen) atoms. The lowest BCUT2D eigenvalue weighted by molar-refractivity contribution is -0.133. The van der Waals surface area contributed by atoms with E-state index in [2.05, 4.69) is 36.3 Å². The normalized spacial score (nSPS) is 17.6. The standard InChI is InChI=1S/C18H20N2O2/c1-3-13-7-9-14(10-8-13)15-12-16(17-6-5-11-22-17)20(19-15)18(21)4-2/h5-11,16H,3-4,12H2,1-2H3/t16-/m0/s1. The maximum atomic E-state index is 12.2. The third kappa shape index (κ3) is 2.69. The fourth-order valence-electron chi connectivity index (χ4n) is 2.71.